The molecule has 5 rings (SSSR count). The Kier molecular flexibility index (Phi) is 8.57. The third-order valence-corrected chi connectivity index (χ3v) is 5.72. The van der Waals surface area contributed by atoms with Crippen LogP contribution in [0.3, 0.4) is 0 Å². The van der Waals surface area contributed by atoms with Gasteiger partial charge in [-0.15, -0.1) is 0 Å². The van der Waals surface area contributed by atoms with Crippen molar-refractivity contribution in [3.63, 3.8) is 0 Å². The number of imidazole rings is 1. The Morgan fingerprint density at radius 3 is 1.72 bits per heavy atom. The van der Waals surface area contributed by atoms with Crippen molar-refractivity contribution in [2.75, 3.05) is 6.61 Å². The van der Waals surface area contributed by atoms with Gasteiger partial charge >= 0.3 is 0 Å². The predicted octanol–water partition coefficient (Wildman–Crippen LogP) is 2.36. The van der Waals surface area contributed by atoms with Gasteiger partial charge in [0, 0.05) is 16.7 Å². The van der Waals surface area contributed by atoms with Crippen LogP contribution in [0.15, 0.2) is 104 Å². The second-order valence-corrected chi connectivity index (χ2v) is 8.44. The maximum absolute atomic E-state index is 5.96. The van der Waals surface area contributed by atoms with E-state index in [4.69, 9.17) is 19.7 Å². The standard InChI is InChI=1S/C29H28N5O.BrH/c1-33-19-20-34(22-33)18-8-9-21-35-26-16-14-25(15-17-26)29-31-27(23-10-4-2-5-11-23)30-28(32-29)24-12-6-3-7-13-24;/h2-7,10-17,19-20,22H,8-9,18,21H2,1H3;1H/q+1;/p-1. The summed E-state index contributed by atoms with van der Waals surface area (Å²) < 4.78 is 10.2. The Hall–Kier alpha value is -3.84. The summed E-state index contributed by atoms with van der Waals surface area (Å²) in [7, 11) is 2.03. The fourth-order valence-electron chi connectivity index (χ4n) is 3.86. The van der Waals surface area contributed by atoms with E-state index in [1.807, 2.05) is 92.0 Å². The van der Waals surface area contributed by atoms with Gasteiger partial charge in [-0.2, -0.15) is 0 Å². The number of hydrogen-bond donors (Lipinski definition) is 0. The summed E-state index contributed by atoms with van der Waals surface area (Å²) in [4.78, 5) is 14.3. The first-order valence-electron chi connectivity index (χ1n) is 11.9. The number of rotatable bonds is 9. The van der Waals surface area contributed by atoms with Crippen molar-refractivity contribution in [3.8, 4) is 39.9 Å². The normalized spacial score (nSPS) is 10.6. The number of halogens is 1. The van der Waals surface area contributed by atoms with Gasteiger partial charge in [0.25, 0.3) is 0 Å². The molecule has 0 aliphatic heterocycles. The molecule has 0 saturated carbocycles. The largest absolute Gasteiger partial charge is 1.00 e. The first-order chi connectivity index (χ1) is 17.2. The van der Waals surface area contributed by atoms with Crippen molar-refractivity contribution in [1.29, 1.82) is 0 Å². The van der Waals surface area contributed by atoms with Crippen molar-refractivity contribution in [3.05, 3.63) is 104 Å². The quantitative estimate of drug-likeness (QED) is 0.212. The van der Waals surface area contributed by atoms with Crippen molar-refractivity contribution in [1.82, 2.24) is 19.5 Å². The molecule has 2 heterocycles. The van der Waals surface area contributed by atoms with Crippen LogP contribution in [0.25, 0.3) is 34.2 Å². The summed E-state index contributed by atoms with van der Waals surface area (Å²) in [6, 6.07) is 28.0. The van der Waals surface area contributed by atoms with Crippen molar-refractivity contribution in [2.24, 2.45) is 7.05 Å². The van der Waals surface area contributed by atoms with E-state index < -0.39 is 0 Å². The molecule has 0 aliphatic rings. The molecule has 7 heteroatoms. The van der Waals surface area contributed by atoms with E-state index >= 15 is 0 Å². The van der Waals surface area contributed by atoms with E-state index in [0.717, 1.165) is 41.8 Å². The summed E-state index contributed by atoms with van der Waals surface area (Å²) in [6.45, 7) is 1.69. The molecular formula is C29H28BrN5O. The van der Waals surface area contributed by atoms with Gasteiger partial charge < -0.3 is 21.7 Å². The van der Waals surface area contributed by atoms with Gasteiger partial charge in [-0.3, -0.25) is 0 Å². The topological polar surface area (TPSA) is 56.7 Å². The first-order valence-corrected chi connectivity index (χ1v) is 11.9. The SMILES string of the molecule is C[n+]1ccn(CCCCOc2ccc(-c3nc(-c4ccccc4)nc(-c4ccccc4)n3)cc2)c1.[Br-]. The Balaban J connectivity index is 0.00000304. The number of aryl methyl sites for hydroxylation is 2. The Bertz CT molecular complexity index is 1310. The highest BCUT2D eigenvalue weighted by molar-refractivity contribution is 5.66. The Labute approximate surface area is 222 Å². The highest BCUT2D eigenvalue weighted by Gasteiger charge is 2.12. The van der Waals surface area contributed by atoms with E-state index in [-0.39, 0.29) is 17.0 Å². The van der Waals surface area contributed by atoms with Crippen LogP contribution in [0.2, 0.25) is 0 Å². The lowest BCUT2D eigenvalue weighted by molar-refractivity contribution is -0.671. The van der Waals surface area contributed by atoms with Crippen LogP contribution < -0.4 is 26.3 Å². The average molecular weight is 542 g/mol. The fraction of sp³-hybridized carbons (Fsp3) is 0.172. The van der Waals surface area contributed by atoms with Gasteiger partial charge in [0.2, 0.25) is 6.33 Å². The molecule has 0 unspecified atom stereocenters. The number of hydrogen-bond acceptors (Lipinski definition) is 4. The van der Waals surface area contributed by atoms with E-state index in [2.05, 4.69) is 27.9 Å². The molecule has 0 amide bonds. The molecule has 182 valence electrons. The van der Waals surface area contributed by atoms with Gasteiger partial charge in [0.1, 0.15) is 18.1 Å². The van der Waals surface area contributed by atoms with Crippen LogP contribution >= 0.6 is 0 Å². The maximum atomic E-state index is 5.96. The molecule has 0 spiro atoms. The summed E-state index contributed by atoms with van der Waals surface area (Å²) >= 11 is 0. The van der Waals surface area contributed by atoms with Crippen molar-refractivity contribution < 1.29 is 26.3 Å². The van der Waals surface area contributed by atoms with Crippen LogP contribution in [0, 0.1) is 0 Å². The second-order valence-electron chi connectivity index (χ2n) is 8.44. The van der Waals surface area contributed by atoms with Crippen molar-refractivity contribution >= 4 is 0 Å². The van der Waals surface area contributed by atoms with E-state index in [1.54, 1.807) is 0 Å². The van der Waals surface area contributed by atoms with Crippen LogP contribution in [0.5, 0.6) is 5.75 Å². The average Bonchev–Trinajstić information content (AvgIpc) is 3.34. The smallest absolute Gasteiger partial charge is 0.243 e. The minimum atomic E-state index is 0. The van der Waals surface area contributed by atoms with Gasteiger partial charge in [0.15, 0.2) is 17.5 Å². The van der Waals surface area contributed by atoms with Gasteiger partial charge in [0.05, 0.1) is 20.2 Å². The predicted molar refractivity (Wildman–Crippen MR) is 136 cm³/mol. The first kappa shape index (κ1) is 25.3. The van der Waals surface area contributed by atoms with E-state index in [1.165, 1.54) is 0 Å². The summed E-state index contributed by atoms with van der Waals surface area (Å²) in [5.41, 5.74) is 2.85. The monoisotopic (exact) mass is 541 g/mol. The van der Waals surface area contributed by atoms with E-state index in [0.29, 0.717) is 24.1 Å². The van der Waals surface area contributed by atoms with Gasteiger partial charge in [-0.1, -0.05) is 60.7 Å². The lowest BCUT2D eigenvalue weighted by atomic mass is 10.1. The zero-order valence-electron chi connectivity index (χ0n) is 20.2. The summed E-state index contributed by atoms with van der Waals surface area (Å²) in [5.74, 6) is 2.81. The molecule has 0 bridgehead atoms. The molecule has 0 saturated heterocycles. The lowest BCUT2D eigenvalue weighted by Gasteiger charge is -2.09. The molecule has 36 heavy (non-hydrogen) atoms. The van der Waals surface area contributed by atoms with Gasteiger partial charge in [-0.25, -0.2) is 24.1 Å². The number of unbranched alkanes of at least 4 members (excludes halogenated alkanes) is 1. The van der Waals surface area contributed by atoms with Crippen molar-refractivity contribution in [2.45, 2.75) is 19.4 Å². The number of ether oxygens (including phenoxy) is 1. The molecule has 6 nitrogen and oxygen atoms in total. The number of benzene rings is 3. The number of aromatic nitrogens is 5. The Morgan fingerprint density at radius 2 is 1.22 bits per heavy atom. The summed E-state index contributed by atoms with van der Waals surface area (Å²) in [6.07, 6.45) is 8.30. The minimum Gasteiger partial charge on any atom is -1.00 e. The van der Waals surface area contributed by atoms with Crippen LogP contribution in [-0.2, 0) is 13.6 Å². The fourth-order valence-corrected chi connectivity index (χ4v) is 3.86. The molecular weight excluding hydrogens is 514 g/mol. The molecule has 0 fully saturated rings. The molecule has 3 aromatic carbocycles. The molecule has 2 aromatic heterocycles. The highest BCUT2D eigenvalue weighted by Crippen LogP contribution is 2.25. The second kappa shape index (κ2) is 12.2. The van der Waals surface area contributed by atoms with Crippen LogP contribution in [-0.4, -0.2) is 26.1 Å². The van der Waals surface area contributed by atoms with Gasteiger partial charge in [-0.05, 0) is 37.1 Å². The third kappa shape index (κ3) is 6.43. The highest BCUT2D eigenvalue weighted by atomic mass is 79.9. The van der Waals surface area contributed by atoms with Crippen LogP contribution in [0.1, 0.15) is 12.8 Å². The molecule has 5 aromatic rings. The van der Waals surface area contributed by atoms with Crippen LogP contribution in [0.4, 0.5) is 0 Å². The maximum Gasteiger partial charge on any atom is 0.243 e. The molecule has 0 radical (unpaired) electrons. The molecule has 0 N–H and O–H groups in total. The summed E-state index contributed by atoms with van der Waals surface area (Å²) in [5, 5.41) is 0. The zero-order chi connectivity index (χ0) is 23.9. The Morgan fingerprint density at radius 1 is 0.694 bits per heavy atom. The minimum absolute atomic E-state index is 0. The third-order valence-electron chi connectivity index (χ3n) is 5.72. The molecule has 0 atom stereocenters. The zero-order valence-corrected chi connectivity index (χ0v) is 21.8. The molecule has 0 aliphatic carbocycles. The number of nitrogens with zero attached hydrogens (tertiary/aromatic N) is 5. The lowest BCUT2D eigenvalue weighted by Crippen LogP contribution is -3.00. The van der Waals surface area contributed by atoms with E-state index in [9.17, 15) is 0 Å².